The second kappa shape index (κ2) is 6.69. The number of nitrogens with zero attached hydrogens (tertiary/aromatic N) is 2. The fourth-order valence-corrected chi connectivity index (χ4v) is 3.01. The van der Waals surface area contributed by atoms with E-state index in [1.807, 2.05) is 24.4 Å². The molecule has 0 aromatic carbocycles. The minimum atomic E-state index is -0.0462. The summed E-state index contributed by atoms with van der Waals surface area (Å²) in [6, 6.07) is 6.23. The molecule has 4 nitrogen and oxygen atoms in total. The van der Waals surface area contributed by atoms with E-state index >= 15 is 0 Å². The Labute approximate surface area is 118 Å². The number of hydrogen-bond acceptors (Lipinski definition) is 4. The van der Waals surface area contributed by atoms with Gasteiger partial charge in [0, 0.05) is 23.9 Å². The second-order valence-corrected chi connectivity index (χ2v) is 5.94. The van der Waals surface area contributed by atoms with Crippen molar-refractivity contribution in [3.05, 3.63) is 22.4 Å². The minimum Gasteiger partial charge on any atom is -0.351 e. The van der Waals surface area contributed by atoms with E-state index in [-0.39, 0.29) is 17.9 Å². The maximum Gasteiger partial charge on any atom is 0.223 e. The number of amides is 1. The van der Waals surface area contributed by atoms with Gasteiger partial charge in [0.05, 0.1) is 18.7 Å². The van der Waals surface area contributed by atoms with Crippen molar-refractivity contribution in [3.8, 4) is 6.07 Å². The standard InChI is InChI=1S/C14H19N3OS/c1-11(9-15)17-6-4-12(5-7-17)14(18)16-10-13-3-2-8-19-13/h2-3,8,11-12H,4-7,10H2,1H3,(H,16,18). The Kier molecular flexibility index (Phi) is 4.94. The summed E-state index contributed by atoms with van der Waals surface area (Å²) in [5, 5.41) is 13.9. The molecule has 0 radical (unpaired) electrons. The Morgan fingerprint density at radius 1 is 1.63 bits per heavy atom. The SMILES string of the molecule is CC(C#N)N1CCC(C(=O)NCc2cccs2)CC1. The van der Waals surface area contributed by atoms with Crippen LogP contribution in [0.5, 0.6) is 0 Å². The van der Waals surface area contributed by atoms with Gasteiger partial charge in [-0.05, 0) is 31.2 Å². The molecule has 1 amide bonds. The van der Waals surface area contributed by atoms with Gasteiger partial charge in [0.2, 0.25) is 5.91 Å². The third-order valence-corrected chi connectivity index (χ3v) is 4.53. The zero-order chi connectivity index (χ0) is 13.7. The molecule has 0 spiro atoms. The average Bonchev–Trinajstić information content (AvgIpc) is 2.97. The van der Waals surface area contributed by atoms with Gasteiger partial charge in [-0.25, -0.2) is 0 Å². The summed E-state index contributed by atoms with van der Waals surface area (Å²) in [4.78, 5) is 15.4. The van der Waals surface area contributed by atoms with Crippen molar-refractivity contribution >= 4 is 17.2 Å². The Hall–Kier alpha value is -1.38. The van der Waals surface area contributed by atoms with Crippen LogP contribution in [0.15, 0.2) is 17.5 Å². The smallest absolute Gasteiger partial charge is 0.223 e. The van der Waals surface area contributed by atoms with E-state index in [1.165, 1.54) is 4.88 Å². The molecule has 1 aromatic heterocycles. The van der Waals surface area contributed by atoms with Crippen LogP contribution in [0.1, 0.15) is 24.6 Å². The molecule has 1 aliphatic heterocycles. The van der Waals surface area contributed by atoms with Gasteiger partial charge in [0.15, 0.2) is 0 Å². The van der Waals surface area contributed by atoms with Crippen molar-refractivity contribution in [2.24, 2.45) is 5.92 Å². The Morgan fingerprint density at radius 2 is 2.37 bits per heavy atom. The normalized spacial score (nSPS) is 18.7. The first kappa shape index (κ1) is 14.0. The number of piperidine rings is 1. The van der Waals surface area contributed by atoms with Gasteiger partial charge in [0.25, 0.3) is 0 Å². The van der Waals surface area contributed by atoms with Gasteiger partial charge in [-0.15, -0.1) is 11.3 Å². The lowest BCUT2D eigenvalue weighted by Crippen LogP contribution is -2.43. The number of carbonyl (C=O) groups is 1. The molecule has 1 saturated heterocycles. The molecule has 2 heterocycles. The number of rotatable bonds is 4. The lowest BCUT2D eigenvalue weighted by Gasteiger charge is -2.32. The molecule has 1 aliphatic rings. The molecule has 1 N–H and O–H groups in total. The van der Waals surface area contributed by atoms with Gasteiger partial charge < -0.3 is 5.32 Å². The Balaban J connectivity index is 1.75. The van der Waals surface area contributed by atoms with Crippen molar-refractivity contribution in [2.75, 3.05) is 13.1 Å². The predicted molar refractivity (Wildman–Crippen MR) is 75.5 cm³/mol. The van der Waals surface area contributed by atoms with E-state index in [4.69, 9.17) is 5.26 Å². The van der Waals surface area contributed by atoms with Crippen molar-refractivity contribution in [2.45, 2.75) is 32.4 Å². The zero-order valence-corrected chi connectivity index (χ0v) is 11.9. The van der Waals surface area contributed by atoms with Crippen LogP contribution in [-0.4, -0.2) is 29.9 Å². The summed E-state index contributed by atoms with van der Waals surface area (Å²) >= 11 is 1.66. The zero-order valence-electron chi connectivity index (χ0n) is 11.1. The van der Waals surface area contributed by atoms with Gasteiger partial charge >= 0.3 is 0 Å². The lowest BCUT2D eigenvalue weighted by atomic mass is 9.95. The Bertz CT molecular complexity index is 444. The number of thiophene rings is 1. The molecule has 0 saturated carbocycles. The molecule has 1 fully saturated rings. The van der Waals surface area contributed by atoms with Gasteiger partial charge in [-0.1, -0.05) is 6.07 Å². The number of nitriles is 1. The van der Waals surface area contributed by atoms with E-state index in [0.29, 0.717) is 6.54 Å². The highest BCUT2D eigenvalue weighted by atomic mass is 32.1. The molecular weight excluding hydrogens is 258 g/mol. The lowest BCUT2D eigenvalue weighted by molar-refractivity contribution is -0.126. The van der Waals surface area contributed by atoms with Crippen molar-refractivity contribution < 1.29 is 4.79 Å². The summed E-state index contributed by atoms with van der Waals surface area (Å²) in [6.07, 6.45) is 1.70. The van der Waals surface area contributed by atoms with Crippen molar-refractivity contribution in [1.29, 1.82) is 5.26 Å². The van der Waals surface area contributed by atoms with E-state index in [0.717, 1.165) is 25.9 Å². The fourth-order valence-electron chi connectivity index (χ4n) is 2.36. The predicted octanol–water partition coefficient (Wildman–Crippen LogP) is 1.99. The monoisotopic (exact) mass is 277 g/mol. The van der Waals surface area contributed by atoms with Crippen LogP contribution in [0.3, 0.4) is 0 Å². The second-order valence-electron chi connectivity index (χ2n) is 4.91. The molecule has 1 aromatic rings. The molecule has 0 bridgehead atoms. The third kappa shape index (κ3) is 3.79. The molecular formula is C14H19N3OS. The molecule has 0 aliphatic carbocycles. The third-order valence-electron chi connectivity index (χ3n) is 3.65. The van der Waals surface area contributed by atoms with Crippen LogP contribution < -0.4 is 5.32 Å². The first-order chi connectivity index (χ1) is 9.20. The molecule has 19 heavy (non-hydrogen) atoms. The molecule has 1 unspecified atom stereocenters. The van der Waals surface area contributed by atoms with E-state index in [2.05, 4.69) is 16.3 Å². The number of hydrogen-bond donors (Lipinski definition) is 1. The Morgan fingerprint density at radius 3 is 2.95 bits per heavy atom. The average molecular weight is 277 g/mol. The van der Waals surface area contributed by atoms with Crippen LogP contribution in [0, 0.1) is 17.2 Å². The number of likely N-dealkylation sites (tertiary alicyclic amines) is 1. The van der Waals surface area contributed by atoms with E-state index in [1.54, 1.807) is 11.3 Å². The van der Waals surface area contributed by atoms with E-state index < -0.39 is 0 Å². The maximum absolute atomic E-state index is 12.0. The highest BCUT2D eigenvalue weighted by Crippen LogP contribution is 2.19. The molecule has 102 valence electrons. The van der Waals surface area contributed by atoms with E-state index in [9.17, 15) is 4.79 Å². The van der Waals surface area contributed by atoms with Gasteiger partial charge in [-0.2, -0.15) is 5.26 Å². The summed E-state index contributed by atoms with van der Waals surface area (Å²) in [7, 11) is 0. The summed E-state index contributed by atoms with van der Waals surface area (Å²) < 4.78 is 0. The summed E-state index contributed by atoms with van der Waals surface area (Å²) in [5.74, 6) is 0.250. The van der Waals surface area contributed by atoms with Gasteiger partial charge in [-0.3, -0.25) is 9.69 Å². The molecule has 5 heteroatoms. The minimum absolute atomic E-state index is 0.0462. The summed E-state index contributed by atoms with van der Waals surface area (Å²) in [6.45, 7) is 4.22. The highest BCUT2D eigenvalue weighted by molar-refractivity contribution is 7.09. The van der Waals surface area contributed by atoms with Crippen LogP contribution in [0.25, 0.3) is 0 Å². The van der Waals surface area contributed by atoms with Crippen LogP contribution in [-0.2, 0) is 11.3 Å². The van der Waals surface area contributed by atoms with Crippen LogP contribution in [0.2, 0.25) is 0 Å². The topological polar surface area (TPSA) is 56.1 Å². The maximum atomic E-state index is 12.0. The number of carbonyl (C=O) groups excluding carboxylic acids is 1. The fraction of sp³-hybridized carbons (Fsp3) is 0.571. The van der Waals surface area contributed by atoms with Crippen molar-refractivity contribution in [3.63, 3.8) is 0 Å². The number of nitrogens with one attached hydrogen (secondary N) is 1. The first-order valence-electron chi connectivity index (χ1n) is 6.64. The van der Waals surface area contributed by atoms with Crippen LogP contribution >= 0.6 is 11.3 Å². The first-order valence-corrected chi connectivity index (χ1v) is 7.52. The largest absolute Gasteiger partial charge is 0.351 e. The van der Waals surface area contributed by atoms with Crippen LogP contribution in [0.4, 0.5) is 0 Å². The van der Waals surface area contributed by atoms with Gasteiger partial charge in [0.1, 0.15) is 0 Å². The molecule has 1 atom stereocenters. The van der Waals surface area contributed by atoms with Crippen molar-refractivity contribution in [1.82, 2.24) is 10.2 Å². The highest BCUT2D eigenvalue weighted by Gasteiger charge is 2.26. The summed E-state index contributed by atoms with van der Waals surface area (Å²) in [5.41, 5.74) is 0. The quantitative estimate of drug-likeness (QED) is 0.915. The molecule has 2 rings (SSSR count).